The number of rotatable bonds is 3. The number of carbonyl (C=O) groups excluding carboxylic acids is 1. The van der Waals surface area contributed by atoms with Gasteiger partial charge in [-0.05, 0) is 19.1 Å². The first-order valence-electron chi connectivity index (χ1n) is 4.87. The molecule has 1 aromatic carbocycles. The maximum Gasteiger partial charge on any atom is 0.239 e. The Morgan fingerprint density at radius 2 is 1.94 bits per heavy atom. The molecule has 0 bridgehead atoms. The lowest BCUT2D eigenvalue weighted by Gasteiger charge is -2.20. The smallest absolute Gasteiger partial charge is 0.239 e. The lowest BCUT2D eigenvalue weighted by Crippen LogP contribution is -2.39. The third-order valence-electron chi connectivity index (χ3n) is 2.22. The number of halogens is 2. The Bertz CT molecular complexity index is 373. The highest BCUT2D eigenvalue weighted by atomic mass is 35.5. The van der Waals surface area contributed by atoms with Crippen LogP contribution < -0.4 is 5.73 Å². The average molecular weight is 261 g/mol. The number of nitrogens with two attached hydrogens (primary N) is 1. The zero-order valence-corrected chi connectivity index (χ0v) is 10.7. The molecule has 0 fully saturated rings. The molecule has 0 aliphatic heterocycles. The van der Waals surface area contributed by atoms with Crippen molar-refractivity contribution >= 4 is 29.1 Å². The van der Waals surface area contributed by atoms with E-state index in [0.29, 0.717) is 16.6 Å². The summed E-state index contributed by atoms with van der Waals surface area (Å²) in [5.74, 6) is -0.143. The van der Waals surface area contributed by atoms with Crippen LogP contribution in [0, 0.1) is 0 Å². The van der Waals surface area contributed by atoms with Crippen LogP contribution in [0.1, 0.15) is 12.5 Å². The van der Waals surface area contributed by atoms with Gasteiger partial charge in [-0.2, -0.15) is 0 Å². The first kappa shape index (κ1) is 13.3. The lowest BCUT2D eigenvalue weighted by atomic mass is 10.2. The van der Waals surface area contributed by atoms with Crippen LogP contribution in [0.25, 0.3) is 0 Å². The molecule has 0 spiro atoms. The van der Waals surface area contributed by atoms with Crippen molar-refractivity contribution in [2.24, 2.45) is 5.73 Å². The Morgan fingerprint density at radius 3 is 2.38 bits per heavy atom. The van der Waals surface area contributed by atoms with Gasteiger partial charge in [-0.15, -0.1) is 0 Å². The molecule has 5 heteroatoms. The van der Waals surface area contributed by atoms with E-state index in [2.05, 4.69) is 0 Å². The number of hydrogen-bond acceptors (Lipinski definition) is 2. The summed E-state index contributed by atoms with van der Waals surface area (Å²) in [5.41, 5.74) is 6.25. The third kappa shape index (κ3) is 3.11. The second kappa shape index (κ2) is 5.53. The van der Waals surface area contributed by atoms with E-state index in [1.54, 1.807) is 32.2 Å². The van der Waals surface area contributed by atoms with E-state index >= 15 is 0 Å². The van der Waals surface area contributed by atoms with Gasteiger partial charge in [-0.1, -0.05) is 29.3 Å². The van der Waals surface area contributed by atoms with Crippen molar-refractivity contribution in [2.75, 3.05) is 7.05 Å². The zero-order chi connectivity index (χ0) is 12.3. The zero-order valence-electron chi connectivity index (χ0n) is 9.21. The van der Waals surface area contributed by atoms with Crippen molar-refractivity contribution in [1.29, 1.82) is 0 Å². The maximum atomic E-state index is 11.6. The van der Waals surface area contributed by atoms with E-state index in [0.717, 1.165) is 5.56 Å². The first-order valence-corrected chi connectivity index (χ1v) is 5.62. The number of nitrogens with zero attached hydrogens (tertiary/aromatic N) is 1. The van der Waals surface area contributed by atoms with Gasteiger partial charge in [0.1, 0.15) is 0 Å². The van der Waals surface area contributed by atoms with Crippen molar-refractivity contribution in [3.8, 4) is 0 Å². The average Bonchev–Trinajstić information content (AvgIpc) is 2.22. The number of carbonyl (C=O) groups is 1. The molecule has 1 rings (SSSR count). The van der Waals surface area contributed by atoms with Gasteiger partial charge in [0.2, 0.25) is 5.91 Å². The van der Waals surface area contributed by atoms with Crippen LogP contribution in [0.4, 0.5) is 0 Å². The summed E-state index contributed by atoms with van der Waals surface area (Å²) < 4.78 is 0. The highest BCUT2D eigenvalue weighted by molar-refractivity contribution is 6.36. The van der Waals surface area contributed by atoms with Crippen LogP contribution in [-0.2, 0) is 11.3 Å². The number of amides is 1. The molecular formula is C11H14Cl2N2O. The van der Waals surface area contributed by atoms with Crippen LogP contribution in [0.5, 0.6) is 0 Å². The monoisotopic (exact) mass is 260 g/mol. The Balaban J connectivity index is 2.85. The van der Waals surface area contributed by atoms with Crippen LogP contribution in [-0.4, -0.2) is 23.9 Å². The van der Waals surface area contributed by atoms with Crippen molar-refractivity contribution in [2.45, 2.75) is 19.5 Å². The van der Waals surface area contributed by atoms with E-state index in [4.69, 9.17) is 28.9 Å². The SMILES string of the molecule is CC(N)C(=O)N(C)Cc1c(Cl)cccc1Cl. The number of benzene rings is 1. The summed E-state index contributed by atoms with van der Waals surface area (Å²) in [6, 6.07) is 4.73. The van der Waals surface area contributed by atoms with Gasteiger partial charge >= 0.3 is 0 Å². The van der Waals surface area contributed by atoms with Gasteiger partial charge in [0.25, 0.3) is 0 Å². The van der Waals surface area contributed by atoms with Gasteiger partial charge < -0.3 is 10.6 Å². The van der Waals surface area contributed by atoms with Gasteiger partial charge in [-0.3, -0.25) is 4.79 Å². The fourth-order valence-electron chi connectivity index (χ4n) is 1.35. The number of hydrogen-bond donors (Lipinski definition) is 1. The Kier molecular flexibility index (Phi) is 4.59. The largest absolute Gasteiger partial charge is 0.340 e. The van der Waals surface area contributed by atoms with Crippen LogP contribution in [0.3, 0.4) is 0 Å². The fraction of sp³-hybridized carbons (Fsp3) is 0.364. The summed E-state index contributed by atoms with van der Waals surface area (Å²) in [4.78, 5) is 13.1. The van der Waals surface area contributed by atoms with Crippen molar-refractivity contribution < 1.29 is 4.79 Å². The molecule has 0 aliphatic carbocycles. The summed E-state index contributed by atoms with van der Waals surface area (Å²) in [7, 11) is 1.67. The molecule has 88 valence electrons. The summed E-state index contributed by atoms with van der Waals surface area (Å²) >= 11 is 12.0. The van der Waals surface area contributed by atoms with Gasteiger partial charge in [0.15, 0.2) is 0 Å². The van der Waals surface area contributed by atoms with E-state index in [-0.39, 0.29) is 5.91 Å². The second-order valence-corrected chi connectivity index (χ2v) is 4.50. The Morgan fingerprint density at radius 1 is 1.44 bits per heavy atom. The lowest BCUT2D eigenvalue weighted by molar-refractivity contribution is -0.131. The van der Waals surface area contributed by atoms with E-state index in [1.807, 2.05) is 0 Å². The van der Waals surface area contributed by atoms with Gasteiger partial charge in [-0.25, -0.2) is 0 Å². The van der Waals surface area contributed by atoms with Gasteiger partial charge in [0, 0.05) is 29.2 Å². The summed E-state index contributed by atoms with van der Waals surface area (Å²) in [5, 5.41) is 1.11. The predicted octanol–water partition coefficient (Wildman–Crippen LogP) is 2.30. The summed E-state index contributed by atoms with van der Waals surface area (Å²) in [6.07, 6.45) is 0. The van der Waals surface area contributed by atoms with Crippen molar-refractivity contribution in [1.82, 2.24) is 4.90 Å². The van der Waals surface area contributed by atoms with Crippen LogP contribution in [0.15, 0.2) is 18.2 Å². The molecule has 0 saturated carbocycles. The standard InChI is InChI=1S/C11H14Cl2N2O/c1-7(14)11(16)15(2)6-8-9(12)4-3-5-10(8)13/h3-5,7H,6,14H2,1-2H3. The minimum Gasteiger partial charge on any atom is -0.340 e. The molecule has 0 radical (unpaired) electrons. The molecule has 0 aromatic heterocycles. The van der Waals surface area contributed by atoms with E-state index in [1.165, 1.54) is 4.90 Å². The quantitative estimate of drug-likeness (QED) is 0.907. The molecule has 2 N–H and O–H groups in total. The van der Waals surface area contributed by atoms with E-state index in [9.17, 15) is 4.79 Å². The molecule has 0 aliphatic rings. The molecule has 0 heterocycles. The molecule has 16 heavy (non-hydrogen) atoms. The first-order chi connectivity index (χ1) is 7.43. The van der Waals surface area contributed by atoms with Crippen molar-refractivity contribution in [3.63, 3.8) is 0 Å². The molecule has 1 aromatic rings. The summed E-state index contributed by atoms with van der Waals surface area (Å²) in [6.45, 7) is 2.01. The fourth-order valence-corrected chi connectivity index (χ4v) is 1.86. The Labute approximate surface area is 105 Å². The maximum absolute atomic E-state index is 11.6. The van der Waals surface area contributed by atoms with Crippen molar-refractivity contribution in [3.05, 3.63) is 33.8 Å². The minimum atomic E-state index is -0.522. The highest BCUT2D eigenvalue weighted by Gasteiger charge is 2.16. The molecular weight excluding hydrogens is 247 g/mol. The molecule has 0 saturated heterocycles. The Hall–Kier alpha value is -0.770. The van der Waals surface area contributed by atoms with Crippen LogP contribution in [0.2, 0.25) is 10.0 Å². The molecule has 1 unspecified atom stereocenters. The molecule has 3 nitrogen and oxygen atoms in total. The second-order valence-electron chi connectivity index (χ2n) is 3.68. The highest BCUT2D eigenvalue weighted by Crippen LogP contribution is 2.25. The third-order valence-corrected chi connectivity index (χ3v) is 2.93. The van der Waals surface area contributed by atoms with Crippen LogP contribution >= 0.6 is 23.2 Å². The normalized spacial score (nSPS) is 12.3. The topological polar surface area (TPSA) is 46.3 Å². The number of likely N-dealkylation sites (N-methyl/N-ethyl adjacent to an activating group) is 1. The van der Waals surface area contributed by atoms with E-state index < -0.39 is 6.04 Å². The van der Waals surface area contributed by atoms with Gasteiger partial charge in [0.05, 0.1) is 6.04 Å². The minimum absolute atomic E-state index is 0.143. The molecule has 1 amide bonds. The molecule has 1 atom stereocenters. The predicted molar refractivity (Wildman–Crippen MR) is 66.6 cm³/mol.